The minimum atomic E-state index is -0.678. The minimum absolute atomic E-state index is 0.0664. The van der Waals surface area contributed by atoms with E-state index in [0.717, 1.165) is 30.4 Å². The Bertz CT molecular complexity index is 543. The van der Waals surface area contributed by atoms with Crippen LogP contribution in [0.3, 0.4) is 0 Å². The van der Waals surface area contributed by atoms with Crippen LogP contribution in [-0.2, 0) is 4.79 Å². The second kappa shape index (κ2) is 4.77. The minimum Gasteiger partial charge on any atom is -0.508 e. The predicted molar refractivity (Wildman–Crippen MR) is 75.7 cm³/mol. The molecule has 1 aromatic carbocycles. The van der Waals surface area contributed by atoms with E-state index in [1.165, 1.54) is 0 Å². The lowest BCUT2D eigenvalue weighted by atomic mass is 9.89. The van der Waals surface area contributed by atoms with Crippen molar-refractivity contribution in [2.75, 3.05) is 0 Å². The van der Waals surface area contributed by atoms with Crippen molar-refractivity contribution in [2.45, 2.75) is 51.2 Å². The second-order valence-electron chi connectivity index (χ2n) is 6.16. The maximum Gasteiger partial charge on any atom is 0.308 e. The number of rotatable bonds is 3. The molecule has 20 heavy (non-hydrogen) atoms. The van der Waals surface area contributed by atoms with Crippen molar-refractivity contribution in [3.63, 3.8) is 0 Å². The number of carboxylic acids is 1. The summed E-state index contributed by atoms with van der Waals surface area (Å²) in [7, 11) is 0. The molecule has 2 heterocycles. The molecular formula is C16H21NO3. The molecule has 4 heteroatoms. The largest absolute Gasteiger partial charge is 0.508 e. The van der Waals surface area contributed by atoms with Crippen LogP contribution in [0, 0.1) is 12.8 Å². The Kier molecular flexibility index (Phi) is 3.21. The van der Waals surface area contributed by atoms with E-state index in [0.29, 0.717) is 11.8 Å². The number of hydrogen-bond acceptors (Lipinski definition) is 3. The lowest BCUT2D eigenvalue weighted by molar-refractivity contribution is -0.142. The zero-order valence-corrected chi connectivity index (χ0v) is 11.9. The summed E-state index contributed by atoms with van der Waals surface area (Å²) in [6.45, 7) is 4.08. The maximum absolute atomic E-state index is 11.3. The van der Waals surface area contributed by atoms with Gasteiger partial charge in [0.15, 0.2) is 0 Å². The Morgan fingerprint density at radius 1 is 1.40 bits per heavy atom. The topological polar surface area (TPSA) is 60.8 Å². The van der Waals surface area contributed by atoms with Gasteiger partial charge >= 0.3 is 5.97 Å². The summed E-state index contributed by atoms with van der Waals surface area (Å²) in [5.74, 6) is -0.618. The molecule has 0 spiro atoms. The van der Waals surface area contributed by atoms with Gasteiger partial charge in [-0.25, -0.2) is 0 Å². The Hall–Kier alpha value is -1.55. The van der Waals surface area contributed by atoms with Gasteiger partial charge in [0.2, 0.25) is 0 Å². The van der Waals surface area contributed by atoms with Crippen molar-refractivity contribution in [1.82, 2.24) is 4.90 Å². The standard InChI is InChI=1S/C16H21NO3/c1-9-3-6-15(18)12(7-9)10(2)17-11-4-5-14(17)13(8-11)16(19)20/h3,6-7,10-11,13-14,18H,4-5,8H2,1-2H3,(H,19,20). The molecule has 2 fully saturated rings. The normalized spacial score (nSPS) is 30.6. The fraction of sp³-hybridized carbons (Fsp3) is 0.562. The molecule has 4 atom stereocenters. The van der Waals surface area contributed by atoms with Crippen LogP contribution < -0.4 is 0 Å². The van der Waals surface area contributed by atoms with Gasteiger partial charge in [0.25, 0.3) is 0 Å². The molecule has 0 aromatic heterocycles. The molecule has 1 aromatic rings. The molecule has 0 saturated carbocycles. The molecule has 4 unspecified atom stereocenters. The fourth-order valence-corrected chi connectivity index (χ4v) is 4.07. The van der Waals surface area contributed by atoms with Crippen LogP contribution in [0.4, 0.5) is 0 Å². The second-order valence-corrected chi connectivity index (χ2v) is 6.16. The summed E-state index contributed by atoms with van der Waals surface area (Å²) >= 11 is 0. The molecule has 0 aliphatic carbocycles. The van der Waals surface area contributed by atoms with Crippen LogP contribution in [0.5, 0.6) is 5.75 Å². The van der Waals surface area contributed by atoms with Gasteiger partial charge in [-0.2, -0.15) is 0 Å². The molecule has 0 amide bonds. The first kappa shape index (κ1) is 13.4. The Balaban J connectivity index is 1.90. The van der Waals surface area contributed by atoms with E-state index < -0.39 is 5.97 Å². The third kappa shape index (κ3) is 1.99. The third-order valence-corrected chi connectivity index (χ3v) is 4.99. The van der Waals surface area contributed by atoms with E-state index in [1.807, 2.05) is 19.1 Å². The zero-order chi connectivity index (χ0) is 14.4. The number of hydrogen-bond donors (Lipinski definition) is 2. The zero-order valence-electron chi connectivity index (χ0n) is 11.9. The molecule has 4 nitrogen and oxygen atoms in total. The number of carboxylic acid groups (broad SMARTS) is 1. The van der Waals surface area contributed by atoms with Crippen molar-refractivity contribution in [3.05, 3.63) is 29.3 Å². The van der Waals surface area contributed by atoms with E-state index in [4.69, 9.17) is 0 Å². The van der Waals surface area contributed by atoms with E-state index in [2.05, 4.69) is 11.8 Å². The number of phenolic OH excluding ortho intramolecular Hbond substituents is 1. The van der Waals surface area contributed by atoms with Crippen molar-refractivity contribution in [1.29, 1.82) is 0 Å². The highest BCUT2D eigenvalue weighted by molar-refractivity contribution is 5.71. The lowest BCUT2D eigenvalue weighted by Gasteiger charge is -2.30. The van der Waals surface area contributed by atoms with E-state index in [1.54, 1.807) is 6.07 Å². The average Bonchev–Trinajstić information content (AvgIpc) is 2.98. The molecular weight excluding hydrogens is 254 g/mol. The highest BCUT2D eigenvalue weighted by atomic mass is 16.4. The number of aromatic hydroxyl groups is 1. The summed E-state index contributed by atoms with van der Waals surface area (Å²) in [6.07, 6.45) is 2.78. The van der Waals surface area contributed by atoms with Gasteiger partial charge in [0.1, 0.15) is 5.75 Å². The summed E-state index contributed by atoms with van der Waals surface area (Å²) in [4.78, 5) is 13.7. The van der Waals surface area contributed by atoms with Gasteiger partial charge in [-0.3, -0.25) is 9.69 Å². The number of carbonyl (C=O) groups is 1. The average molecular weight is 275 g/mol. The van der Waals surface area contributed by atoms with Crippen LogP contribution in [0.25, 0.3) is 0 Å². The van der Waals surface area contributed by atoms with Crippen LogP contribution in [0.15, 0.2) is 18.2 Å². The molecule has 2 aliphatic rings. The maximum atomic E-state index is 11.3. The van der Waals surface area contributed by atoms with Gasteiger partial charge in [0.05, 0.1) is 5.92 Å². The number of fused-ring (bicyclic) bond motifs is 2. The SMILES string of the molecule is Cc1ccc(O)c(C(C)N2C3CCC2C(C(=O)O)C3)c1. The van der Waals surface area contributed by atoms with Crippen molar-refractivity contribution >= 4 is 5.97 Å². The van der Waals surface area contributed by atoms with Gasteiger partial charge < -0.3 is 10.2 Å². The van der Waals surface area contributed by atoms with Crippen molar-refractivity contribution < 1.29 is 15.0 Å². The van der Waals surface area contributed by atoms with Crippen LogP contribution >= 0.6 is 0 Å². The molecule has 2 bridgehead atoms. The fourth-order valence-electron chi connectivity index (χ4n) is 4.07. The van der Waals surface area contributed by atoms with E-state index in [-0.39, 0.29) is 18.0 Å². The number of aryl methyl sites for hydroxylation is 1. The number of aliphatic carboxylic acids is 1. The third-order valence-electron chi connectivity index (χ3n) is 4.99. The van der Waals surface area contributed by atoms with Crippen LogP contribution in [0.2, 0.25) is 0 Å². The van der Waals surface area contributed by atoms with Gasteiger partial charge in [0, 0.05) is 23.7 Å². The Morgan fingerprint density at radius 2 is 2.15 bits per heavy atom. The summed E-state index contributed by atoms with van der Waals surface area (Å²) in [6, 6.07) is 6.16. The highest BCUT2D eigenvalue weighted by Crippen LogP contribution is 2.47. The molecule has 2 saturated heterocycles. The summed E-state index contributed by atoms with van der Waals surface area (Å²) < 4.78 is 0. The quantitative estimate of drug-likeness (QED) is 0.890. The molecule has 108 valence electrons. The number of nitrogens with zero attached hydrogens (tertiary/aromatic N) is 1. The van der Waals surface area contributed by atoms with Gasteiger partial charge in [-0.15, -0.1) is 0 Å². The number of phenols is 1. The lowest BCUT2D eigenvalue weighted by Crippen LogP contribution is -2.35. The highest BCUT2D eigenvalue weighted by Gasteiger charge is 2.51. The summed E-state index contributed by atoms with van der Waals surface area (Å²) in [5, 5.41) is 19.4. The molecule has 3 rings (SSSR count). The van der Waals surface area contributed by atoms with Crippen molar-refractivity contribution in [2.24, 2.45) is 5.92 Å². The van der Waals surface area contributed by atoms with Gasteiger partial charge in [-0.05, 0) is 39.2 Å². The summed E-state index contributed by atoms with van der Waals surface area (Å²) in [5.41, 5.74) is 2.03. The first-order valence-corrected chi connectivity index (χ1v) is 7.28. The van der Waals surface area contributed by atoms with Crippen molar-refractivity contribution in [3.8, 4) is 5.75 Å². The predicted octanol–water partition coefficient (Wildman–Crippen LogP) is 2.70. The van der Waals surface area contributed by atoms with E-state index in [9.17, 15) is 15.0 Å². The first-order chi connectivity index (χ1) is 9.49. The first-order valence-electron chi connectivity index (χ1n) is 7.28. The molecule has 2 aliphatic heterocycles. The van der Waals surface area contributed by atoms with Crippen LogP contribution in [-0.4, -0.2) is 33.2 Å². The van der Waals surface area contributed by atoms with E-state index >= 15 is 0 Å². The molecule has 2 N–H and O–H groups in total. The van der Waals surface area contributed by atoms with Crippen LogP contribution in [0.1, 0.15) is 43.4 Å². The van der Waals surface area contributed by atoms with Gasteiger partial charge in [-0.1, -0.05) is 17.7 Å². The molecule has 0 radical (unpaired) electrons. The number of benzene rings is 1. The monoisotopic (exact) mass is 275 g/mol. The smallest absolute Gasteiger partial charge is 0.308 e. The Morgan fingerprint density at radius 3 is 2.80 bits per heavy atom. The Labute approximate surface area is 119 Å².